The SMILES string of the molecule is O=C(Cc1noc2ccccc12)N1CCC2(CC1)OCCO2. The minimum atomic E-state index is -0.447. The van der Waals surface area contributed by atoms with Gasteiger partial charge in [-0.05, 0) is 12.1 Å². The number of hydrogen-bond donors (Lipinski definition) is 0. The highest BCUT2D eigenvalue weighted by molar-refractivity contribution is 5.86. The second-order valence-corrected chi connectivity index (χ2v) is 5.79. The quantitative estimate of drug-likeness (QED) is 0.845. The van der Waals surface area contributed by atoms with Crippen molar-refractivity contribution in [3.05, 3.63) is 30.0 Å². The summed E-state index contributed by atoms with van der Waals surface area (Å²) in [7, 11) is 0. The van der Waals surface area contributed by atoms with Gasteiger partial charge in [-0.2, -0.15) is 0 Å². The Kier molecular flexibility index (Phi) is 3.35. The molecule has 2 aromatic rings. The Labute approximate surface area is 127 Å². The topological polar surface area (TPSA) is 64.8 Å². The van der Waals surface area contributed by atoms with E-state index in [0.717, 1.165) is 23.8 Å². The number of benzene rings is 1. The number of carbonyl (C=O) groups is 1. The van der Waals surface area contributed by atoms with E-state index in [-0.39, 0.29) is 12.3 Å². The van der Waals surface area contributed by atoms with Gasteiger partial charge in [0.05, 0.1) is 19.6 Å². The van der Waals surface area contributed by atoms with E-state index in [2.05, 4.69) is 5.16 Å². The molecule has 0 aliphatic carbocycles. The summed E-state index contributed by atoms with van der Waals surface area (Å²) in [6.45, 7) is 2.63. The van der Waals surface area contributed by atoms with Crippen LogP contribution in [0.4, 0.5) is 0 Å². The average molecular weight is 302 g/mol. The first-order valence-electron chi connectivity index (χ1n) is 7.65. The Balaban J connectivity index is 1.42. The molecular weight excluding hydrogens is 284 g/mol. The van der Waals surface area contributed by atoms with Crippen molar-refractivity contribution in [3.8, 4) is 0 Å². The lowest BCUT2D eigenvalue weighted by Crippen LogP contribution is -2.47. The van der Waals surface area contributed by atoms with E-state index in [1.807, 2.05) is 29.2 Å². The highest BCUT2D eigenvalue weighted by atomic mass is 16.7. The lowest BCUT2D eigenvalue weighted by molar-refractivity contribution is -0.187. The molecule has 116 valence electrons. The molecule has 0 radical (unpaired) electrons. The fourth-order valence-electron chi connectivity index (χ4n) is 3.20. The Hall–Kier alpha value is -1.92. The van der Waals surface area contributed by atoms with Crippen molar-refractivity contribution in [2.45, 2.75) is 25.0 Å². The first kappa shape index (κ1) is 13.7. The fourth-order valence-corrected chi connectivity index (χ4v) is 3.20. The van der Waals surface area contributed by atoms with Crippen molar-refractivity contribution in [2.24, 2.45) is 0 Å². The summed E-state index contributed by atoms with van der Waals surface area (Å²) in [5.41, 5.74) is 1.42. The third-order valence-electron chi connectivity index (χ3n) is 4.46. The number of rotatable bonds is 2. The maximum atomic E-state index is 12.5. The van der Waals surface area contributed by atoms with E-state index >= 15 is 0 Å². The number of amides is 1. The molecular formula is C16H18N2O4. The molecule has 2 fully saturated rings. The zero-order chi connectivity index (χ0) is 15.0. The molecule has 1 aromatic heterocycles. The molecule has 0 atom stereocenters. The molecule has 2 aliphatic heterocycles. The van der Waals surface area contributed by atoms with Crippen LogP contribution in [0.3, 0.4) is 0 Å². The summed E-state index contributed by atoms with van der Waals surface area (Å²) in [5.74, 6) is -0.371. The monoisotopic (exact) mass is 302 g/mol. The van der Waals surface area contributed by atoms with E-state index in [0.29, 0.717) is 32.0 Å². The van der Waals surface area contributed by atoms with Gasteiger partial charge in [-0.15, -0.1) is 0 Å². The highest BCUT2D eigenvalue weighted by Crippen LogP contribution is 2.31. The van der Waals surface area contributed by atoms with E-state index in [9.17, 15) is 4.79 Å². The van der Waals surface area contributed by atoms with Gasteiger partial charge in [-0.1, -0.05) is 17.3 Å². The standard InChI is InChI=1S/C16H18N2O4/c19-15(11-13-12-3-1-2-4-14(12)22-17-13)18-7-5-16(6-8-18)20-9-10-21-16/h1-4H,5-11H2. The number of aromatic nitrogens is 1. The van der Waals surface area contributed by atoms with Crippen LogP contribution in [0.2, 0.25) is 0 Å². The van der Waals surface area contributed by atoms with Crippen LogP contribution < -0.4 is 0 Å². The Morgan fingerprint density at radius 2 is 1.91 bits per heavy atom. The molecule has 0 bridgehead atoms. The number of piperidine rings is 1. The van der Waals surface area contributed by atoms with Crippen LogP contribution in [-0.2, 0) is 20.7 Å². The maximum absolute atomic E-state index is 12.5. The minimum Gasteiger partial charge on any atom is -0.356 e. The van der Waals surface area contributed by atoms with Crippen molar-refractivity contribution in [1.29, 1.82) is 0 Å². The maximum Gasteiger partial charge on any atom is 0.228 e. The second-order valence-electron chi connectivity index (χ2n) is 5.79. The van der Waals surface area contributed by atoms with Gasteiger partial charge >= 0.3 is 0 Å². The van der Waals surface area contributed by atoms with Crippen LogP contribution in [0.1, 0.15) is 18.5 Å². The van der Waals surface area contributed by atoms with E-state index in [4.69, 9.17) is 14.0 Å². The molecule has 1 aromatic carbocycles. The lowest BCUT2D eigenvalue weighted by atomic mass is 10.0. The van der Waals surface area contributed by atoms with Gasteiger partial charge in [0.2, 0.25) is 5.91 Å². The number of fused-ring (bicyclic) bond motifs is 1. The van der Waals surface area contributed by atoms with E-state index < -0.39 is 5.79 Å². The molecule has 6 heteroatoms. The molecule has 2 aliphatic rings. The third kappa shape index (κ3) is 2.38. The van der Waals surface area contributed by atoms with Crippen molar-refractivity contribution in [1.82, 2.24) is 10.1 Å². The number of hydrogen-bond acceptors (Lipinski definition) is 5. The number of carbonyl (C=O) groups excluding carboxylic acids is 1. The van der Waals surface area contributed by atoms with Gasteiger partial charge in [-0.25, -0.2) is 0 Å². The van der Waals surface area contributed by atoms with Gasteiger partial charge in [0.25, 0.3) is 0 Å². The van der Waals surface area contributed by atoms with Gasteiger partial charge in [0.15, 0.2) is 11.4 Å². The highest BCUT2D eigenvalue weighted by Gasteiger charge is 2.40. The summed E-state index contributed by atoms with van der Waals surface area (Å²) in [6.07, 6.45) is 1.74. The molecule has 3 heterocycles. The third-order valence-corrected chi connectivity index (χ3v) is 4.46. The normalized spacial score (nSPS) is 20.8. The van der Waals surface area contributed by atoms with Crippen LogP contribution in [-0.4, -0.2) is 48.1 Å². The van der Waals surface area contributed by atoms with Crippen LogP contribution in [0, 0.1) is 0 Å². The molecule has 6 nitrogen and oxygen atoms in total. The molecule has 0 saturated carbocycles. The van der Waals surface area contributed by atoms with Crippen molar-refractivity contribution in [2.75, 3.05) is 26.3 Å². The molecule has 2 saturated heterocycles. The predicted molar refractivity (Wildman–Crippen MR) is 78.2 cm³/mol. The summed E-state index contributed by atoms with van der Waals surface area (Å²) in [5, 5.41) is 4.94. The van der Waals surface area contributed by atoms with E-state index in [1.165, 1.54) is 0 Å². The van der Waals surface area contributed by atoms with Crippen LogP contribution in [0.15, 0.2) is 28.8 Å². The summed E-state index contributed by atoms with van der Waals surface area (Å²) < 4.78 is 16.6. The van der Waals surface area contributed by atoms with Crippen LogP contribution in [0.5, 0.6) is 0 Å². The summed E-state index contributed by atoms with van der Waals surface area (Å²) in [6, 6.07) is 7.60. The van der Waals surface area contributed by atoms with Crippen molar-refractivity contribution >= 4 is 16.9 Å². The Bertz CT molecular complexity index is 680. The summed E-state index contributed by atoms with van der Waals surface area (Å²) >= 11 is 0. The number of ether oxygens (including phenoxy) is 2. The number of likely N-dealkylation sites (tertiary alicyclic amines) is 1. The smallest absolute Gasteiger partial charge is 0.228 e. The molecule has 4 rings (SSSR count). The number of para-hydroxylation sites is 1. The molecule has 1 amide bonds. The van der Waals surface area contributed by atoms with Crippen LogP contribution >= 0.6 is 0 Å². The lowest BCUT2D eigenvalue weighted by Gasteiger charge is -2.37. The molecule has 0 N–H and O–H groups in total. The minimum absolute atomic E-state index is 0.0758. The molecule has 1 spiro atoms. The van der Waals surface area contributed by atoms with Gasteiger partial charge in [0, 0.05) is 31.3 Å². The van der Waals surface area contributed by atoms with Gasteiger partial charge in [0.1, 0.15) is 5.69 Å². The zero-order valence-corrected chi connectivity index (χ0v) is 12.3. The van der Waals surface area contributed by atoms with Crippen molar-refractivity contribution < 1.29 is 18.8 Å². The largest absolute Gasteiger partial charge is 0.356 e. The molecule has 0 unspecified atom stereocenters. The first-order chi connectivity index (χ1) is 10.8. The van der Waals surface area contributed by atoms with Crippen LogP contribution in [0.25, 0.3) is 11.0 Å². The molecule has 22 heavy (non-hydrogen) atoms. The second kappa shape index (κ2) is 5.37. The Morgan fingerprint density at radius 1 is 1.18 bits per heavy atom. The first-order valence-corrected chi connectivity index (χ1v) is 7.65. The van der Waals surface area contributed by atoms with Gasteiger partial charge < -0.3 is 18.9 Å². The van der Waals surface area contributed by atoms with E-state index in [1.54, 1.807) is 0 Å². The zero-order valence-electron chi connectivity index (χ0n) is 12.3. The average Bonchev–Trinajstić information content (AvgIpc) is 3.16. The van der Waals surface area contributed by atoms with Crippen molar-refractivity contribution in [3.63, 3.8) is 0 Å². The number of nitrogens with zero attached hydrogens (tertiary/aromatic N) is 2. The van der Waals surface area contributed by atoms with Gasteiger partial charge in [-0.3, -0.25) is 4.79 Å². The predicted octanol–water partition coefficient (Wildman–Crippen LogP) is 1.74. The summed E-state index contributed by atoms with van der Waals surface area (Å²) in [4.78, 5) is 14.3. The Morgan fingerprint density at radius 3 is 2.68 bits per heavy atom. The fraction of sp³-hybridized carbons (Fsp3) is 0.500.